The van der Waals surface area contributed by atoms with Crippen LogP contribution in [0.1, 0.15) is 32.8 Å². The molecule has 1 aromatic rings. The predicted octanol–water partition coefficient (Wildman–Crippen LogP) is 4.22. The van der Waals surface area contributed by atoms with Crippen LogP contribution in [-0.2, 0) is 6.42 Å². The number of hydrogen-bond donors (Lipinski definition) is 0. The molecule has 0 heteroatoms. The summed E-state index contributed by atoms with van der Waals surface area (Å²) in [6, 6.07) is 10.7. The standard InChI is InChI=1S/C14H20/c1-4-13(10-12(2)3)11-14-8-6-5-7-9-14/h5-10,12H,4,11H2,1-3H3. The van der Waals surface area contributed by atoms with Crippen LogP contribution in [0.3, 0.4) is 0 Å². The van der Waals surface area contributed by atoms with Crippen molar-refractivity contribution in [2.24, 2.45) is 5.92 Å². The molecule has 0 aliphatic heterocycles. The van der Waals surface area contributed by atoms with Crippen molar-refractivity contribution in [3.8, 4) is 0 Å². The summed E-state index contributed by atoms with van der Waals surface area (Å²) in [5.74, 6) is 0.661. The van der Waals surface area contributed by atoms with Crippen LogP contribution in [0.15, 0.2) is 42.0 Å². The van der Waals surface area contributed by atoms with E-state index in [9.17, 15) is 0 Å². The highest BCUT2D eigenvalue weighted by molar-refractivity contribution is 5.21. The average Bonchev–Trinajstić information content (AvgIpc) is 2.17. The molecule has 0 nitrogen and oxygen atoms in total. The molecule has 0 amide bonds. The minimum atomic E-state index is 0.661. The SMILES string of the molecule is CCC(=CC(C)C)Cc1ccccc1. The first-order valence-corrected chi connectivity index (χ1v) is 5.46. The zero-order valence-electron chi connectivity index (χ0n) is 9.46. The zero-order valence-corrected chi connectivity index (χ0v) is 9.46. The van der Waals surface area contributed by atoms with Gasteiger partial charge in [-0.2, -0.15) is 0 Å². The molecule has 0 atom stereocenters. The molecule has 76 valence electrons. The van der Waals surface area contributed by atoms with Gasteiger partial charge in [-0.05, 0) is 24.3 Å². The minimum absolute atomic E-state index is 0.661. The van der Waals surface area contributed by atoms with Gasteiger partial charge in [0.1, 0.15) is 0 Å². The highest BCUT2D eigenvalue weighted by atomic mass is 14.0. The Hall–Kier alpha value is -1.04. The fourth-order valence-electron chi connectivity index (χ4n) is 1.63. The summed E-state index contributed by atoms with van der Waals surface area (Å²) >= 11 is 0. The number of benzene rings is 1. The van der Waals surface area contributed by atoms with Crippen LogP contribution >= 0.6 is 0 Å². The van der Waals surface area contributed by atoms with Gasteiger partial charge in [0.2, 0.25) is 0 Å². The zero-order chi connectivity index (χ0) is 10.4. The van der Waals surface area contributed by atoms with Gasteiger partial charge >= 0.3 is 0 Å². The highest BCUT2D eigenvalue weighted by Gasteiger charge is 1.98. The van der Waals surface area contributed by atoms with Crippen molar-refractivity contribution < 1.29 is 0 Å². The van der Waals surface area contributed by atoms with Gasteiger partial charge in [0.15, 0.2) is 0 Å². The molecular formula is C14H20. The lowest BCUT2D eigenvalue weighted by molar-refractivity contribution is 0.804. The van der Waals surface area contributed by atoms with E-state index in [1.807, 2.05) is 0 Å². The topological polar surface area (TPSA) is 0 Å². The molecule has 0 spiro atoms. The van der Waals surface area contributed by atoms with Crippen molar-refractivity contribution in [1.29, 1.82) is 0 Å². The van der Waals surface area contributed by atoms with E-state index >= 15 is 0 Å². The summed E-state index contributed by atoms with van der Waals surface area (Å²) in [6.07, 6.45) is 4.65. The first-order chi connectivity index (χ1) is 6.72. The van der Waals surface area contributed by atoms with E-state index in [0.717, 1.165) is 12.8 Å². The van der Waals surface area contributed by atoms with Crippen molar-refractivity contribution in [2.75, 3.05) is 0 Å². The van der Waals surface area contributed by atoms with E-state index in [4.69, 9.17) is 0 Å². The molecule has 14 heavy (non-hydrogen) atoms. The van der Waals surface area contributed by atoms with Gasteiger partial charge in [-0.15, -0.1) is 0 Å². The Morgan fingerprint density at radius 3 is 2.36 bits per heavy atom. The largest absolute Gasteiger partial charge is 0.0824 e. The fourth-order valence-corrected chi connectivity index (χ4v) is 1.63. The van der Waals surface area contributed by atoms with Crippen LogP contribution in [0.4, 0.5) is 0 Å². The fraction of sp³-hybridized carbons (Fsp3) is 0.429. The van der Waals surface area contributed by atoms with E-state index in [1.165, 1.54) is 5.56 Å². The van der Waals surface area contributed by atoms with Gasteiger partial charge in [0, 0.05) is 0 Å². The molecule has 0 N–H and O–H groups in total. The maximum Gasteiger partial charge on any atom is -0.00671 e. The Labute approximate surface area is 87.7 Å². The highest BCUT2D eigenvalue weighted by Crippen LogP contribution is 2.13. The molecule has 0 radical (unpaired) electrons. The second-order valence-electron chi connectivity index (χ2n) is 4.08. The Balaban J connectivity index is 2.67. The van der Waals surface area contributed by atoms with Gasteiger partial charge in [0.05, 0.1) is 0 Å². The predicted molar refractivity (Wildman–Crippen MR) is 63.4 cm³/mol. The summed E-state index contributed by atoms with van der Waals surface area (Å²) in [5, 5.41) is 0. The average molecular weight is 188 g/mol. The molecule has 0 saturated carbocycles. The minimum Gasteiger partial charge on any atom is -0.0824 e. The lowest BCUT2D eigenvalue weighted by Crippen LogP contribution is -1.92. The molecule has 0 heterocycles. The van der Waals surface area contributed by atoms with Crippen LogP contribution in [0.2, 0.25) is 0 Å². The molecule has 1 rings (SSSR count). The Morgan fingerprint density at radius 2 is 1.86 bits per heavy atom. The Morgan fingerprint density at radius 1 is 1.21 bits per heavy atom. The van der Waals surface area contributed by atoms with Gasteiger partial charge in [-0.25, -0.2) is 0 Å². The number of hydrogen-bond acceptors (Lipinski definition) is 0. The molecule has 0 unspecified atom stereocenters. The third-order valence-electron chi connectivity index (χ3n) is 2.30. The molecule has 0 bridgehead atoms. The van der Waals surface area contributed by atoms with Gasteiger partial charge in [-0.3, -0.25) is 0 Å². The number of allylic oxidation sites excluding steroid dienone is 2. The van der Waals surface area contributed by atoms with Crippen molar-refractivity contribution >= 4 is 0 Å². The monoisotopic (exact) mass is 188 g/mol. The van der Waals surface area contributed by atoms with E-state index < -0.39 is 0 Å². The van der Waals surface area contributed by atoms with Crippen LogP contribution < -0.4 is 0 Å². The summed E-state index contributed by atoms with van der Waals surface area (Å²) < 4.78 is 0. The number of rotatable bonds is 4. The molecule has 0 fully saturated rings. The van der Waals surface area contributed by atoms with E-state index in [0.29, 0.717) is 5.92 Å². The van der Waals surface area contributed by atoms with Crippen LogP contribution in [-0.4, -0.2) is 0 Å². The van der Waals surface area contributed by atoms with Crippen molar-refractivity contribution in [3.63, 3.8) is 0 Å². The smallest absolute Gasteiger partial charge is 0.00671 e. The van der Waals surface area contributed by atoms with Crippen LogP contribution in [0, 0.1) is 5.92 Å². The van der Waals surface area contributed by atoms with E-state index in [-0.39, 0.29) is 0 Å². The van der Waals surface area contributed by atoms with E-state index in [1.54, 1.807) is 5.57 Å². The summed E-state index contributed by atoms with van der Waals surface area (Å²) in [6.45, 7) is 6.71. The first kappa shape index (κ1) is 11.0. The van der Waals surface area contributed by atoms with Gasteiger partial charge < -0.3 is 0 Å². The maximum atomic E-state index is 2.38. The molecule has 1 aromatic carbocycles. The van der Waals surface area contributed by atoms with Crippen molar-refractivity contribution in [1.82, 2.24) is 0 Å². The van der Waals surface area contributed by atoms with Crippen molar-refractivity contribution in [2.45, 2.75) is 33.6 Å². The summed E-state index contributed by atoms with van der Waals surface area (Å²) in [7, 11) is 0. The maximum absolute atomic E-state index is 2.38. The molecule has 0 aromatic heterocycles. The Kier molecular flexibility index (Phi) is 4.45. The van der Waals surface area contributed by atoms with Gasteiger partial charge in [0.25, 0.3) is 0 Å². The van der Waals surface area contributed by atoms with E-state index in [2.05, 4.69) is 57.2 Å². The summed E-state index contributed by atoms with van der Waals surface area (Å²) in [5.41, 5.74) is 2.97. The molecule has 0 saturated heterocycles. The third-order valence-corrected chi connectivity index (χ3v) is 2.30. The van der Waals surface area contributed by atoms with Crippen LogP contribution in [0.5, 0.6) is 0 Å². The molecule has 0 aliphatic rings. The first-order valence-electron chi connectivity index (χ1n) is 5.46. The quantitative estimate of drug-likeness (QED) is 0.620. The third kappa shape index (κ3) is 3.78. The molecular weight excluding hydrogens is 168 g/mol. The lowest BCUT2D eigenvalue weighted by Gasteiger charge is -2.06. The normalized spacial score (nSPS) is 12.1. The lowest BCUT2D eigenvalue weighted by atomic mass is 10.00. The van der Waals surface area contributed by atoms with Crippen LogP contribution in [0.25, 0.3) is 0 Å². The second-order valence-corrected chi connectivity index (χ2v) is 4.08. The van der Waals surface area contributed by atoms with Gasteiger partial charge in [-0.1, -0.05) is 62.8 Å². The molecule has 0 aliphatic carbocycles. The Bertz CT molecular complexity index is 280. The van der Waals surface area contributed by atoms with Crippen molar-refractivity contribution in [3.05, 3.63) is 47.5 Å². The second kappa shape index (κ2) is 5.64. The summed E-state index contributed by atoms with van der Waals surface area (Å²) in [4.78, 5) is 0.